The Morgan fingerprint density at radius 2 is 1.95 bits per heavy atom. The van der Waals surface area contributed by atoms with E-state index in [2.05, 4.69) is 34.0 Å². The molecule has 0 aliphatic carbocycles. The van der Waals surface area contributed by atoms with E-state index >= 15 is 0 Å². The lowest BCUT2D eigenvalue weighted by Crippen LogP contribution is -1.96. The highest BCUT2D eigenvalue weighted by molar-refractivity contribution is 9.10. The van der Waals surface area contributed by atoms with Gasteiger partial charge < -0.3 is 0 Å². The van der Waals surface area contributed by atoms with Crippen molar-refractivity contribution in [2.45, 2.75) is 6.92 Å². The average molecular weight is 348 g/mol. The topological polar surface area (TPSA) is 17.8 Å². The van der Waals surface area contributed by atoms with Gasteiger partial charge >= 0.3 is 0 Å². The lowest BCUT2D eigenvalue weighted by atomic mass is 10.1. The first kappa shape index (κ1) is 13.4. The maximum atomic E-state index is 6.22. The third-order valence-corrected chi connectivity index (χ3v) is 4.00. The Hall–Kier alpha value is -1.58. The first-order chi connectivity index (χ1) is 9.65. The molecule has 0 aliphatic rings. The monoisotopic (exact) mass is 346 g/mol. The molecule has 0 fully saturated rings. The quantitative estimate of drug-likeness (QED) is 0.618. The molecule has 3 aromatic rings. The van der Waals surface area contributed by atoms with Crippen molar-refractivity contribution in [1.82, 2.24) is 9.78 Å². The van der Waals surface area contributed by atoms with Crippen molar-refractivity contribution in [1.29, 1.82) is 0 Å². The molecule has 0 saturated carbocycles. The SMILES string of the molecule is Cc1cc(Br)ccc1-n1cc(-c2ccccc2Cl)cn1. The van der Waals surface area contributed by atoms with Crippen LogP contribution in [0, 0.1) is 6.92 Å². The summed E-state index contributed by atoms with van der Waals surface area (Å²) >= 11 is 9.70. The number of benzene rings is 2. The van der Waals surface area contributed by atoms with Crippen LogP contribution in [0.3, 0.4) is 0 Å². The summed E-state index contributed by atoms with van der Waals surface area (Å²) < 4.78 is 2.94. The summed E-state index contributed by atoms with van der Waals surface area (Å²) in [5, 5.41) is 5.17. The first-order valence-electron chi connectivity index (χ1n) is 6.21. The van der Waals surface area contributed by atoms with Gasteiger partial charge in [-0.25, -0.2) is 4.68 Å². The molecule has 2 nitrogen and oxygen atoms in total. The zero-order valence-corrected chi connectivity index (χ0v) is 13.2. The fraction of sp³-hybridized carbons (Fsp3) is 0.0625. The van der Waals surface area contributed by atoms with E-state index in [0.717, 1.165) is 31.9 Å². The van der Waals surface area contributed by atoms with Crippen molar-refractivity contribution in [3.63, 3.8) is 0 Å². The summed E-state index contributed by atoms with van der Waals surface area (Å²) in [6, 6.07) is 13.9. The molecule has 20 heavy (non-hydrogen) atoms. The molecule has 0 aliphatic heterocycles. The third-order valence-electron chi connectivity index (χ3n) is 3.17. The van der Waals surface area contributed by atoms with Crippen molar-refractivity contribution in [2.75, 3.05) is 0 Å². The van der Waals surface area contributed by atoms with E-state index in [9.17, 15) is 0 Å². The second kappa shape index (κ2) is 5.43. The molecule has 4 heteroatoms. The van der Waals surface area contributed by atoms with Gasteiger partial charge in [0.05, 0.1) is 11.9 Å². The Labute approximate surface area is 131 Å². The van der Waals surface area contributed by atoms with Crippen LogP contribution in [0.1, 0.15) is 5.56 Å². The molecule has 0 radical (unpaired) electrons. The number of aromatic nitrogens is 2. The van der Waals surface area contributed by atoms with Crippen LogP contribution in [0.2, 0.25) is 5.02 Å². The summed E-state index contributed by atoms with van der Waals surface area (Å²) in [6.45, 7) is 2.07. The van der Waals surface area contributed by atoms with Gasteiger partial charge in [0.2, 0.25) is 0 Å². The summed E-state index contributed by atoms with van der Waals surface area (Å²) in [5.74, 6) is 0. The highest BCUT2D eigenvalue weighted by Gasteiger charge is 2.08. The minimum absolute atomic E-state index is 0.736. The molecule has 0 unspecified atom stereocenters. The Morgan fingerprint density at radius 3 is 2.70 bits per heavy atom. The van der Waals surface area contributed by atoms with Crippen molar-refractivity contribution in [3.8, 4) is 16.8 Å². The number of halogens is 2. The molecule has 100 valence electrons. The number of aryl methyl sites for hydroxylation is 1. The van der Waals surface area contributed by atoms with Crippen LogP contribution in [0.5, 0.6) is 0 Å². The molecular formula is C16H12BrClN2. The van der Waals surface area contributed by atoms with Crippen molar-refractivity contribution in [2.24, 2.45) is 0 Å². The maximum Gasteiger partial charge on any atom is 0.0675 e. The van der Waals surface area contributed by atoms with E-state index in [1.54, 1.807) is 0 Å². The second-order valence-corrected chi connectivity index (χ2v) is 5.91. The van der Waals surface area contributed by atoms with Crippen LogP contribution < -0.4 is 0 Å². The smallest absolute Gasteiger partial charge is 0.0675 e. The fourth-order valence-corrected chi connectivity index (χ4v) is 2.89. The number of hydrogen-bond donors (Lipinski definition) is 0. The van der Waals surface area contributed by atoms with E-state index < -0.39 is 0 Å². The number of nitrogens with zero attached hydrogens (tertiary/aromatic N) is 2. The van der Waals surface area contributed by atoms with Crippen LogP contribution in [-0.2, 0) is 0 Å². The molecule has 0 amide bonds. The van der Waals surface area contributed by atoms with Gasteiger partial charge in [-0.1, -0.05) is 45.7 Å². The van der Waals surface area contributed by atoms with Gasteiger partial charge in [0, 0.05) is 26.8 Å². The van der Waals surface area contributed by atoms with E-state index in [1.165, 1.54) is 0 Å². The molecule has 1 aromatic heterocycles. The Morgan fingerprint density at radius 1 is 1.15 bits per heavy atom. The van der Waals surface area contributed by atoms with Gasteiger partial charge in [-0.15, -0.1) is 0 Å². The lowest BCUT2D eigenvalue weighted by molar-refractivity contribution is 0.872. The lowest BCUT2D eigenvalue weighted by Gasteiger charge is -2.06. The third kappa shape index (κ3) is 2.51. The largest absolute Gasteiger partial charge is 0.240 e. The van der Waals surface area contributed by atoms with Crippen LogP contribution >= 0.6 is 27.5 Å². The van der Waals surface area contributed by atoms with Gasteiger partial charge in [-0.05, 0) is 36.8 Å². The highest BCUT2D eigenvalue weighted by atomic mass is 79.9. The predicted molar refractivity (Wildman–Crippen MR) is 86.4 cm³/mol. The standard InChI is InChI=1S/C16H12BrClN2/c1-11-8-13(17)6-7-16(11)20-10-12(9-19-20)14-4-2-3-5-15(14)18/h2-10H,1H3. The van der Waals surface area contributed by atoms with E-state index in [4.69, 9.17) is 11.6 Å². The molecule has 0 bridgehead atoms. The van der Waals surface area contributed by atoms with Gasteiger partial charge in [-0.2, -0.15) is 5.10 Å². The summed E-state index contributed by atoms with van der Waals surface area (Å²) in [7, 11) is 0. The Balaban J connectivity index is 2.04. The number of hydrogen-bond acceptors (Lipinski definition) is 1. The molecule has 2 aromatic carbocycles. The van der Waals surface area contributed by atoms with Crippen molar-refractivity contribution >= 4 is 27.5 Å². The Bertz CT molecular complexity index is 765. The number of rotatable bonds is 2. The van der Waals surface area contributed by atoms with Crippen molar-refractivity contribution < 1.29 is 0 Å². The van der Waals surface area contributed by atoms with E-state index in [1.807, 2.05) is 53.5 Å². The second-order valence-electron chi connectivity index (χ2n) is 4.58. The van der Waals surface area contributed by atoms with Gasteiger partial charge in [0.15, 0.2) is 0 Å². The molecule has 3 rings (SSSR count). The Kier molecular flexibility index (Phi) is 3.64. The molecule has 0 spiro atoms. The molecule has 0 saturated heterocycles. The van der Waals surface area contributed by atoms with Crippen LogP contribution in [0.15, 0.2) is 59.3 Å². The first-order valence-corrected chi connectivity index (χ1v) is 7.38. The average Bonchev–Trinajstić information content (AvgIpc) is 2.88. The maximum absolute atomic E-state index is 6.22. The summed E-state index contributed by atoms with van der Waals surface area (Å²) in [5.41, 5.74) is 4.23. The van der Waals surface area contributed by atoms with Gasteiger partial charge in [-0.3, -0.25) is 0 Å². The van der Waals surface area contributed by atoms with Crippen LogP contribution in [0.25, 0.3) is 16.8 Å². The molecule has 0 atom stereocenters. The fourth-order valence-electron chi connectivity index (χ4n) is 2.16. The van der Waals surface area contributed by atoms with E-state index in [-0.39, 0.29) is 0 Å². The van der Waals surface area contributed by atoms with Gasteiger partial charge in [0.1, 0.15) is 0 Å². The normalized spacial score (nSPS) is 10.8. The zero-order chi connectivity index (χ0) is 14.1. The summed E-state index contributed by atoms with van der Waals surface area (Å²) in [6.07, 6.45) is 3.83. The molecule has 1 heterocycles. The van der Waals surface area contributed by atoms with Crippen molar-refractivity contribution in [3.05, 3.63) is 69.9 Å². The summed E-state index contributed by atoms with van der Waals surface area (Å²) in [4.78, 5) is 0. The minimum Gasteiger partial charge on any atom is -0.240 e. The molecule has 0 N–H and O–H groups in total. The minimum atomic E-state index is 0.736. The van der Waals surface area contributed by atoms with Crippen LogP contribution in [0.4, 0.5) is 0 Å². The zero-order valence-electron chi connectivity index (χ0n) is 10.8. The van der Waals surface area contributed by atoms with E-state index in [0.29, 0.717) is 0 Å². The van der Waals surface area contributed by atoms with Crippen LogP contribution in [-0.4, -0.2) is 9.78 Å². The van der Waals surface area contributed by atoms with Gasteiger partial charge in [0.25, 0.3) is 0 Å². The molecular weight excluding hydrogens is 336 g/mol. The highest BCUT2D eigenvalue weighted by Crippen LogP contribution is 2.28. The predicted octanol–water partition coefficient (Wildman–Crippen LogP) is 5.26.